The molecule has 1 atom stereocenters. The summed E-state index contributed by atoms with van der Waals surface area (Å²) in [5.74, 6) is 0.631. The maximum atomic E-state index is 14.0. The van der Waals surface area contributed by atoms with Crippen LogP contribution in [0.2, 0.25) is 0 Å². The molecule has 0 amide bonds. The molecule has 0 spiro atoms. The van der Waals surface area contributed by atoms with Gasteiger partial charge >= 0.3 is 0 Å². The number of halogens is 1. The maximum absolute atomic E-state index is 14.0. The van der Waals surface area contributed by atoms with Crippen LogP contribution in [-0.4, -0.2) is 12.6 Å². The number of hydrogen-bond donors (Lipinski definition) is 1. The highest BCUT2D eigenvalue weighted by Gasteiger charge is 2.30. The van der Waals surface area contributed by atoms with Crippen LogP contribution in [0.15, 0.2) is 12.1 Å². The average molecular weight is 235 g/mol. The smallest absolute Gasteiger partial charge is 0.131 e. The van der Waals surface area contributed by atoms with Gasteiger partial charge in [0.1, 0.15) is 11.6 Å². The van der Waals surface area contributed by atoms with Gasteiger partial charge in [0.25, 0.3) is 0 Å². The zero-order valence-electron chi connectivity index (χ0n) is 10.1. The van der Waals surface area contributed by atoms with Crippen LogP contribution in [0.1, 0.15) is 42.9 Å². The van der Waals surface area contributed by atoms with Gasteiger partial charge in [-0.2, -0.15) is 0 Å². The lowest BCUT2D eigenvalue weighted by atomic mass is 9.99. The molecule has 1 saturated carbocycles. The molecular weight excluding hydrogens is 217 g/mol. The number of rotatable bonds is 2. The minimum Gasteiger partial charge on any atom is -0.493 e. The van der Waals surface area contributed by atoms with Gasteiger partial charge < -0.3 is 10.1 Å². The molecule has 1 aliphatic heterocycles. The van der Waals surface area contributed by atoms with Crippen LogP contribution < -0.4 is 10.1 Å². The van der Waals surface area contributed by atoms with Gasteiger partial charge in [-0.1, -0.05) is 6.07 Å². The van der Waals surface area contributed by atoms with Crippen molar-refractivity contribution in [1.29, 1.82) is 0 Å². The summed E-state index contributed by atoms with van der Waals surface area (Å²) in [6.45, 7) is 2.68. The van der Waals surface area contributed by atoms with Crippen molar-refractivity contribution in [2.45, 2.75) is 44.7 Å². The molecule has 1 N–H and O–H groups in total. The van der Waals surface area contributed by atoms with Crippen molar-refractivity contribution in [1.82, 2.24) is 5.32 Å². The summed E-state index contributed by atoms with van der Waals surface area (Å²) in [5, 5.41) is 3.54. The molecule has 1 fully saturated rings. The van der Waals surface area contributed by atoms with Crippen LogP contribution >= 0.6 is 0 Å². The summed E-state index contributed by atoms with van der Waals surface area (Å²) >= 11 is 0. The van der Waals surface area contributed by atoms with E-state index in [9.17, 15) is 4.39 Å². The zero-order valence-corrected chi connectivity index (χ0v) is 10.1. The number of hydrogen-bond acceptors (Lipinski definition) is 2. The highest BCUT2D eigenvalue weighted by atomic mass is 19.1. The standard InChI is InChI=1S/C14H18FNO/c1-9-4-7-11(15)13-12(16-10-5-6-10)3-2-8-17-14(9)13/h4,7,10,12,16H,2-3,5-6,8H2,1H3. The molecule has 17 heavy (non-hydrogen) atoms. The molecule has 3 heteroatoms. The summed E-state index contributed by atoms with van der Waals surface area (Å²) in [5.41, 5.74) is 1.78. The van der Waals surface area contributed by atoms with Crippen molar-refractivity contribution >= 4 is 0 Å². The van der Waals surface area contributed by atoms with Crippen molar-refractivity contribution in [3.63, 3.8) is 0 Å². The summed E-state index contributed by atoms with van der Waals surface area (Å²) in [4.78, 5) is 0. The Hall–Kier alpha value is -1.09. The molecule has 1 unspecified atom stereocenters. The lowest BCUT2D eigenvalue weighted by Gasteiger charge is -2.19. The summed E-state index contributed by atoms with van der Waals surface area (Å²) < 4.78 is 19.7. The Labute approximate surface area is 101 Å². The second-order valence-corrected chi connectivity index (χ2v) is 5.09. The number of benzene rings is 1. The van der Waals surface area contributed by atoms with E-state index in [-0.39, 0.29) is 11.9 Å². The third kappa shape index (κ3) is 2.16. The minimum atomic E-state index is -0.134. The van der Waals surface area contributed by atoms with Gasteiger partial charge in [0.15, 0.2) is 0 Å². The number of nitrogens with one attached hydrogen (secondary N) is 1. The molecule has 1 heterocycles. The van der Waals surface area contributed by atoms with Crippen LogP contribution in [-0.2, 0) is 0 Å². The van der Waals surface area contributed by atoms with Crippen LogP contribution in [0, 0.1) is 12.7 Å². The molecule has 3 rings (SSSR count). The van der Waals surface area contributed by atoms with Crippen molar-refractivity contribution in [3.8, 4) is 5.75 Å². The Morgan fingerprint density at radius 2 is 2.12 bits per heavy atom. The Morgan fingerprint density at radius 3 is 2.88 bits per heavy atom. The molecule has 2 nitrogen and oxygen atoms in total. The van der Waals surface area contributed by atoms with Gasteiger partial charge in [-0.25, -0.2) is 4.39 Å². The van der Waals surface area contributed by atoms with E-state index in [1.165, 1.54) is 12.8 Å². The summed E-state index contributed by atoms with van der Waals surface area (Å²) in [7, 11) is 0. The first-order valence-electron chi connectivity index (χ1n) is 6.43. The molecule has 1 aromatic rings. The summed E-state index contributed by atoms with van der Waals surface area (Å²) in [6.07, 6.45) is 4.39. The van der Waals surface area contributed by atoms with Crippen LogP contribution in [0.25, 0.3) is 0 Å². The van der Waals surface area contributed by atoms with Gasteiger partial charge in [0, 0.05) is 17.6 Å². The monoisotopic (exact) mass is 235 g/mol. The fourth-order valence-electron chi connectivity index (χ4n) is 2.51. The average Bonchev–Trinajstić information content (AvgIpc) is 3.12. The predicted molar refractivity (Wildman–Crippen MR) is 64.8 cm³/mol. The van der Waals surface area contributed by atoms with Crippen molar-refractivity contribution in [2.24, 2.45) is 0 Å². The Balaban J connectivity index is 1.99. The van der Waals surface area contributed by atoms with E-state index in [1.54, 1.807) is 12.1 Å². The molecule has 92 valence electrons. The van der Waals surface area contributed by atoms with Crippen molar-refractivity contribution in [3.05, 3.63) is 29.1 Å². The Morgan fingerprint density at radius 1 is 1.29 bits per heavy atom. The Kier molecular flexibility index (Phi) is 2.79. The first kappa shape index (κ1) is 11.0. The van der Waals surface area contributed by atoms with E-state index in [1.807, 2.05) is 6.92 Å². The van der Waals surface area contributed by atoms with Gasteiger partial charge in [-0.15, -0.1) is 0 Å². The first-order chi connectivity index (χ1) is 8.25. The lowest BCUT2D eigenvalue weighted by molar-refractivity contribution is 0.312. The van der Waals surface area contributed by atoms with Crippen molar-refractivity contribution < 1.29 is 9.13 Å². The third-order valence-electron chi connectivity index (χ3n) is 3.59. The lowest BCUT2D eigenvalue weighted by Crippen LogP contribution is -2.24. The molecule has 0 bridgehead atoms. The van der Waals surface area contributed by atoms with Crippen LogP contribution in [0.3, 0.4) is 0 Å². The SMILES string of the molecule is Cc1ccc(F)c2c1OCCCC2NC1CC1. The highest BCUT2D eigenvalue weighted by molar-refractivity contribution is 5.44. The number of ether oxygens (including phenoxy) is 1. The minimum absolute atomic E-state index is 0.125. The second kappa shape index (κ2) is 4.30. The molecule has 0 saturated heterocycles. The maximum Gasteiger partial charge on any atom is 0.131 e. The van der Waals surface area contributed by atoms with Gasteiger partial charge in [-0.3, -0.25) is 0 Å². The van der Waals surface area contributed by atoms with E-state index in [2.05, 4.69) is 5.32 Å². The first-order valence-corrected chi connectivity index (χ1v) is 6.43. The van der Waals surface area contributed by atoms with Gasteiger partial charge in [0.05, 0.1) is 6.61 Å². The van der Waals surface area contributed by atoms with E-state index >= 15 is 0 Å². The molecule has 0 aromatic heterocycles. The van der Waals surface area contributed by atoms with Crippen molar-refractivity contribution in [2.75, 3.05) is 6.61 Å². The molecule has 2 aliphatic rings. The molecule has 0 radical (unpaired) electrons. The van der Waals surface area contributed by atoms with Gasteiger partial charge in [0.2, 0.25) is 0 Å². The zero-order chi connectivity index (χ0) is 11.8. The van der Waals surface area contributed by atoms with E-state index < -0.39 is 0 Å². The topological polar surface area (TPSA) is 21.3 Å². The quantitative estimate of drug-likeness (QED) is 0.850. The fourth-order valence-corrected chi connectivity index (χ4v) is 2.51. The van der Waals surface area contributed by atoms with E-state index in [0.717, 1.165) is 29.7 Å². The van der Waals surface area contributed by atoms with Gasteiger partial charge in [-0.05, 0) is 44.2 Å². The molecule has 1 aromatic carbocycles. The molecule has 1 aliphatic carbocycles. The Bertz CT molecular complexity index is 428. The van der Waals surface area contributed by atoms with Crippen LogP contribution in [0.4, 0.5) is 4.39 Å². The third-order valence-corrected chi connectivity index (χ3v) is 3.59. The predicted octanol–water partition coefficient (Wildman–Crippen LogP) is 3.10. The number of aryl methyl sites for hydroxylation is 1. The largest absolute Gasteiger partial charge is 0.493 e. The van der Waals surface area contributed by atoms with Crippen LogP contribution in [0.5, 0.6) is 5.75 Å². The van der Waals surface area contributed by atoms with E-state index in [0.29, 0.717) is 12.6 Å². The molecular formula is C14H18FNO. The fraction of sp³-hybridized carbons (Fsp3) is 0.571. The number of fused-ring (bicyclic) bond motifs is 1. The highest BCUT2D eigenvalue weighted by Crippen LogP contribution is 2.37. The normalized spacial score (nSPS) is 23.8. The summed E-state index contributed by atoms with van der Waals surface area (Å²) in [6, 6.07) is 4.07. The second-order valence-electron chi connectivity index (χ2n) is 5.09. The van der Waals surface area contributed by atoms with E-state index in [4.69, 9.17) is 4.74 Å².